The second kappa shape index (κ2) is 12.1. The quantitative estimate of drug-likeness (QED) is 0.499. The number of Topliss-reactive ketones (excluding diaryl/α,β-unsaturated/α-hetero) is 1. The van der Waals surface area contributed by atoms with E-state index < -0.39 is 0 Å². The molecule has 6 nitrogen and oxygen atoms in total. The Bertz CT molecular complexity index is 822. The number of pyridine rings is 1. The third-order valence-corrected chi connectivity index (χ3v) is 9.25. The van der Waals surface area contributed by atoms with Gasteiger partial charge in [0.05, 0.1) is 12.7 Å². The van der Waals surface area contributed by atoms with E-state index in [2.05, 4.69) is 14.8 Å². The van der Waals surface area contributed by atoms with E-state index >= 15 is 0 Å². The number of methoxy groups -OCH3 is 1. The van der Waals surface area contributed by atoms with Crippen LogP contribution >= 0.6 is 0 Å². The minimum Gasteiger partial charge on any atom is -0.493 e. The molecule has 0 radical (unpaired) electrons. The van der Waals surface area contributed by atoms with Crippen molar-refractivity contribution < 1.29 is 14.3 Å². The Morgan fingerprint density at radius 3 is 2.31 bits per heavy atom. The van der Waals surface area contributed by atoms with E-state index in [1.54, 1.807) is 0 Å². The number of hydrogen-bond donors (Lipinski definition) is 0. The van der Waals surface area contributed by atoms with Gasteiger partial charge in [0.25, 0.3) is 0 Å². The molecule has 0 bridgehead atoms. The number of anilines is 1. The van der Waals surface area contributed by atoms with Gasteiger partial charge in [0.1, 0.15) is 17.4 Å². The Morgan fingerprint density at radius 1 is 0.971 bits per heavy atom. The third-order valence-electron chi connectivity index (χ3n) is 9.25. The molecule has 6 heteroatoms. The minimum absolute atomic E-state index is 0.428. The highest BCUT2D eigenvalue weighted by atomic mass is 16.5. The number of piperazine rings is 1. The Labute approximate surface area is 211 Å². The summed E-state index contributed by atoms with van der Waals surface area (Å²) in [5, 5.41) is 0. The predicted molar refractivity (Wildman–Crippen MR) is 139 cm³/mol. The first-order chi connectivity index (χ1) is 17.2. The summed E-state index contributed by atoms with van der Waals surface area (Å²) >= 11 is 0. The van der Waals surface area contributed by atoms with Gasteiger partial charge < -0.3 is 14.4 Å². The number of aromatic nitrogens is 1. The Morgan fingerprint density at radius 2 is 1.63 bits per heavy atom. The fourth-order valence-electron chi connectivity index (χ4n) is 6.94. The Balaban J connectivity index is 0.963. The maximum atomic E-state index is 12.7. The summed E-state index contributed by atoms with van der Waals surface area (Å²) < 4.78 is 11.2. The van der Waals surface area contributed by atoms with Gasteiger partial charge in [-0.1, -0.05) is 12.8 Å². The van der Waals surface area contributed by atoms with E-state index in [0.717, 1.165) is 82.4 Å². The van der Waals surface area contributed by atoms with E-state index in [-0.39, 0.29) is 0 Å². The first-order valence-electron chi connectivity index (χ1n) is 14.3. The molecule has 3 heterocycles. The maximum absolute atomic E-state index is 12.7. The zero-order valence-corrected chi connectivity index (χ0v) is 21.8. The number of rotatable bonds is 9. The van der Waals surface area contributed by atoms with Crippen molar-refractivity contribution in [2.24, 2.45) is 17.8 Å². The standard InChI is InChI=1S/C29H45N3O3/c1-34-26-8-6-24(7-9-26)21-25(33)20-23-4-2-22(3-5-23)11-14-31-15-17-32(18-16-31)29-27-12-19-35-28(27)10-13-30-29/h10,13,22-24,26H,2-9,11-12,14-21H2,1H3. The lowest BCUT2D eigenvalue weighted by Gasteiger charge is -2.37. The normalized spacial score (nSPS) is 29.6. The molecule has 35 heavy (non-hydrogen) atoms. The van der Waals surface area contributed by atoms with Crippen LogP contribution < -0.4 is 9.64 Å². The number of carbonyl (C=O) groups excluding carboxylic acids is 1. The van der Waals surface area contributed by atoms with E-state index in [1.165, 1.54) is 57.1 Å². The highest BCUT2D eigenvalue weighted by Gasteiger charge is 2.28. The Hall–Kier alpha value is -1.66. The second-order valence-corrected chi connectivity index (χ2v) is 11.5. The van der Waals surface area contributed by atoms with Gasteiger partial charge in [-0.2, -0.15) is 0 Å². The van der Waals surface area contributed by atoms with Gasteiger partial charge in [-0.05, 0) is 75.3 Å². The van der Waals surface area contributed by atoms with Crippen LogP contribution in [-0.4, -0.2) is 68.2 Å². The van der Waals surface area contributed by atoms with Crippen molar-refractivity contribution in [2.75, 3.05) is 51.3 Å². The fourth-order valence-corrected chi connectivity index (χ4v) is 6.94. The average molecular weight is 484 g/mol. The molecule has 3 fully saturated rings. The highest BCUT2D eigenvalue weighted by Crippen LogP contribution is 2.35. The van der Waals surface area contributed by atoms with Crippen molar-refractivity contribution in [3.63, 3.8) is 0 Å². The second-order valence-electron chi connectivity index (χ2n) is 11.5. The van der Waals surface area contributed by atoms with Crippen LogP contribution in [0.1, 0.15) is 76.2 Å². The number of ketones is 1. The van der Waals surface area contributed by atoms with E-state index in [0.29, 0.717) is 23.7 Å². The number of carbonyl (C=O) groups is 1. The minimum atomic E-state index is 0.428. The summed E-state index contributed by atoms with van der Waals surface area (Å²) in [7, 11) is 1.82. The lowest BCUT2D eigenvalue weighted by molar-refractivity contribution is -0.121. The molecule has 194 valence electrons. The molecule has 2 saturated carbocycles. The molecule has 0 spiro atoms. The van der Waals surface area contributed by atoms with Crippen molar-refractivity contribution in [1.82, 2.24) is 9.88 Å². The summed E-state index contributed by atoms with van der Waals surface area (Å²) in [6.07, 6.45) is 16.0. The van der Waals surface area contributed by atoms with Gasteiger partial charge in [-0.15, -0.1) is 0 Å². The van der Waals surface area contributed by atoms with E-state index in [1.807, 2.05) is 19.4 Å². The SMILES string of the molecule is COC1CCC(CC(=O)CC2CCC(CCN3CCN(c4nccc5c4CCO5)CC3)CC2)CC1. The Kier molecular flexibility index (Phi) is 8.61. The van der Waals surface area contributed by atoms with Gasteiger partial charge in [-0.25, -0.2) is 4.98 Å². The molecule has 0 N–H and O–H groups in total. The molecule has 1 saturated heterocycles. The zero-order valence-electron chi connectivity index (χ0n) is 21.8. The average Bonchev–Trinajstić information content (AvgIpc) is 3.38. The molecule has 0 atom stereocenters. The number of fused-ring (bicyclic) bond motifs is 1. The van der Waals surface area contributed by atoms with Gasteiger partial charge in [0, 0.05) is 64.3 Å². The monoisotopic (exact) mass is 483 g/mol. The number of ether oxygens (including phenoxy) is 2. The smallest absolute Gasteiger partial charge is 0.135 e. The third kappa shape index (κ3) is 6.56. The van der Waals surface area contributed by atoms with Crippen molar-refractivity contribution in [2.45, 2.75) is 83.2 Å². The first-order valence-corrected chi connectivity index (χ1v) is 14.3. The summed E-state index contributed by atoms with van der Waals surface area (Å²) in [5.41, 5.74) is 1.30. The van der Waals surface area contributed by atoms with Gasteiger partial charge in [0.15, 0.2) is 0 Å². The molecule has 4 aliphatic rings. The summed E-state index contributed by atoms with van der Waals surface area (Å²) in [5.74, 6) is 4.80. The molecule has 0 amide bonds. The molecular formula is C29H45N3O3. The summed E-state index contributed by atoms with van der Waals surface area (Å²) in [4.78, 5) is 22.5. The van der Waals surface area contributed by atoms with Gasteiger partial charge in [-0.3, -0.25) is 9.69 Å². The maximum Gasteiger partial charge on any atom is 0.135 e. The summed E-state index contributed by atoms with van der Waals surface area (Å²) in [6.45, 7) is 6.39. The molecule has 1 aromatic heterocycles. The van der Waals surface area contributed by atoms with Crippen LogP contribution in [0, 0.1) is 17.8 Å². The van der Waals surface area contributed by atoms with E-state index in [9.17, 15) is 4.79 Å². The molecule has 1 aromatic rings. The van der Waals surface area contributed by atoms with Crippen molar-refractivity contribution in [3.05, 3.63) is 17.8 Å². The molecule has 2 aliphatic carbocycles. The first kappa shape index (κ1) is 25.0. The van der Waals surface area contributed by atoms with Crippen molar-refractivity contribution in [3.8, 4) is 5.75 Å². The largest absolute Gasteiger partial charge is 0.493 e. The topological polar surface area (TPSA) is 54.9 Å². The molecule has 5 rings (SSSR count). The van der Waals surface area contributed by atoms with E-state index in [4.69, 9.17) is 9.47 Å². The molecule has 0 unspecified atom stereocenters. The molecule has 2 aliphatic heterocycles. The highest BCUT2D eigenvalue weighted by molar-refractivity contribution is 5.78. The van der Waals surface area contributed by atoms with Crippen LogP contribution in [0.4, 0.5) is 5.82 Å². The lowest BCUT2D eigenvalue weighted by atomic mass is 9.77. The van der Waals surface area contributed by atoms with Crippen molar-refractivity contribution >= 4 is 11.6 Å². The zero-order chi connectivity index (χ0) is 24.0. The van der Waals surface area contributed by atoms with Gasteiger partial charge >= 0.3 is 0 Å². The van der Waals surface area contributed by atoms with Crippen LogP contribution in [-0.2, 0) is 16.0 Å². The van der Waals surface area contributed by atoms with Crippen LogP contribution in [0.15, 0.2) is 12.3 Å². The molecular weight excluding hydrogens is 438 g/mol. The van der Waals surface area contributed by atoms with Crippen LogP contribution in [0.3, 0.4) is 0 Å². The van der Waals surface area contributed by atoms with Crippen LogP contribution in [0.25, 0.3) is 0 Å². The molecule has 0 aromatic carbocycles. The number of nitrogens with zero attached hydrogens (tertiary/aromatic N) is 3. The summed E-state index contributed by atoms with van der Waals surface area (Å²) in [6, 6.07) is 2.00. The lowest BCUT2D eigenvalue weighted by Crippen LogP contribution is -2.47. The predicted octanol–water partition coefficient (Wildman–Crippen LogP) is 4.89. The fraction of sp³-hybridized carbons (Fsp3) is 0.793. The number of hydrogen-bond acceptors (Lipinski definition) is 6. The van der Waals surface area contributed by atoms with Crippen LogP contribution in [0.5, 0.6) is 5.75 Å². The van der Waals surface area contributed by atoms with Gasteiger partial charge in [0.2, 0.25) is 0 Å². The van der Waals surface area contributed by atoms with Crippen molar-refractivity contribution in [1.29, 1.82) is 0 Å². The van der Waals surface area contributed by atoms with Crippen LogP contribution in [0.2, 0.25) is 0 Å².